The minimum atomic E-state index is 0.176. The predicted molar refractivity (Wildman–Crippen MR) is 71.0 cm³/mol. The largest absolute Gasteiger partial charge is 0.356 e. The monoisotopic (exact) mass is 252 g/mol. The maximum atomic E-state index is 11.9. The fraction of sp³-hybridized carbons (Fsp3) is 0.769. The molecule has 2 N–H and O–H groups in total. The molecule has 1 aromatic rings. The zero-order valence-corrected chi connectivity index (χ0v) is 11.4. The first kappa shape index (κ1) is 14.7. The van der Waals surface area contributed by atoms with Crippen molar-refractivity contribution in [1.29, 1.82) is 0 Å². The average Bonchev–Trinajstić information content (AvgIpc) is 2.88. The summed E-state index contributed by atoms with van der Waals surface area (Å²) in [6.45, 7) is 4.94. The van der Waals surface area contributed by atoms with Crippen LogP contribution in [0.5, 0.6) is 0 Å². The van der Waals surface area contributed by atoms with Gasteiger partial charge >= 0.3 is 0 Å². The Morgan fingerprint density at radius 3 is 2.89 bits per heavy atom. The standard InChI is InChI=1S/C13H24N4O/c1-3-5-7-11(4-2)13(18)14-9-6-8-12-15-10-16-17-12/h10-11H,3-9H2,1-2H3,(H,14,18)(H,15,16,17). The summed E-state index contributed by atoms with van der Waals surface area (Å²) in [4.78, 5) is 15.9. The summed E-state index contributed by atoms with van der Waals surface area (Å²) in [5, 5.41) is 9.61. The first-order chi connectivity index (χ1) is 8.77. The van der Waals surface area contributed by atoms with Gasteiger partial charge in [-0.2, -0.15) is 5.10 Å². The number of rotatable bonds is 9. The molecule has 5 nitrogen and oxygen atoms in total. The van der Waals surface area contributed by atoms with Gasteiger partial charge in [0, 0.05) is 18.9 Å². The van der Waals surface area contributed by atoms with Crippen LogP contribution < -0.4 is 5.32 Å². The van der Waals surface area contributed by atoms with Crippen LogP contribution in [0.2, 0.25) is 0 Å². The van der Waals surface area contributed by atoms with Crippen molar-refractivity contribution in [3.05, 3.63) is 12.2 Å². The number of nitrogens with zero attached hydrogens (tertiary/aromatic N) is 2. The van der Waals surface area contributed by atoms with Crippen molar-refractivity contribution in [2.75, 3.05) is 6.54 Å². The number of H-pyrrole nitrogens is 1. The van der Waals surface area contributed by atoms with Gasteiger partial charge in [-0.1, -0.05) is 26.7 Å². The molecule has 102 valence electrons. The summed E-state index contributed by atoms with van der Waals surface area (Å²) in [7, 11) is 0. The number of aromatic nitrogens is 3. The van der Waals surface area contributed by atoms with Gasteiger partial charge in [-0.05, 0) is 19.3 Å². The van der Waals surface area contributed by atoms with Crippen LogP contribution >= 0.6 is 0 Å². The molecule has 0 bridgehead atoms. The van der Waals surface area contributed by atoms with Crippen molar-refractivity contribution in [3.8, 4) is 0 Å². The normalized spacial score (nSPS) is 12.3. The van der Waals surface area contributed by atoms with E-state index in [-0.39, 0.29) is 11.8 Å². The van der Waals surface area contributed by atoms with Crippen molar-refractivity contribution in [1.82, 2.24) is 20.5 Å². The Hall–Kier alpha value is -1.39. The Bertz CT molecular complexity index is 324. The smallest absolute Gasteiger partial charge is 0.223 e. The molecule has 1 amide bonds. The molecule has 1 heterocycles. The molecular formula is C13H24N4O. The Morgan fingerprint density at radius 2 is 2.28 bits per heavy atom. The van der Waals surface area contributed by atoms with E-state index in [2.05, 4.69) is 34.3 Å². The van der Waals surface area contributed by atoms with Gasteiger partial charge in [0.25, 0.3) is 0 Å². The number of amides is 1. The molecule has 0 fully saturated rings. The number of carbonyl (C=O) groups excluding carboxylic acids is 1. The van der Waals surface area contributed by atoms with Gasteiger partial charge in [0.1, 0.15) is 12.2 Å². The minimum absolute atomic E-state index is 0.176. The number of nitrogens with one attached hydrogen (secondary N) is 2. The molecule has 0 aliphatic rings. The van der Waals surface area contributed by atoms with E-state index in [1.165, 1.54) is 6.33 Å². The van der Waals surface area contributed by atoms with Crippen LogP contribution in [0, 0.1) is 5.92 Å². The Balaban J connectivity index is 2.14. The molecule has 1 aromatic heterocycles. The molecule has 0 aromatic carbocycles. The Labute approximate surface area is 109 Å². The summed E-state index contributed by atoms with van der Waals surface area (Å²) in [6.07, 6.45) is 7.43. The molecule has 5 heteroatoms. The molecule has 18 heavy (non-hydrogen) atoms. The fourth-order valence-corrected chi connectivity index (χ4v) is 1.93. The molecular weight excluding hydrogens is 228 g/mol. The summed E-state index contributed by atoms with van der Waals surface area (Å²) < 4.78 is 0. The number of hydrogen-bond acceptors (Lipinski definition) is 3. The van der Waals surface area contributed by atoms with Gasteiger partial charge in [-0.15, -0.1) is 0 Å². The summed E-state index contributed by atoms with van der Waals surface area (Å²) >= 11 is 0. The molecule has 0 aliphatic heterocycles. The fourth-order valence-electron chi connectivity index (χ4n) is 1.93. The average molecular weight is 252 g/mol. The van der Waals surface area contributed by atoms with E-state index >= 15 is 0 Å². The Morgan fingerprint density at radius 1 is 1.44 bits per heavy atom. The molecule has 1 atom stereocenters. The lowest BCUT2D eigenvalue weighted by atomic mass is 9.98. The predicted octanol–water partition coefficient (Wildman–Crippen LogP) is 2.07. The molecule has 0 saturated heterocycles. The van der Waals surface area contributed by atoms with Gasteiger partial charge < -0.3 is 5.32 Å². The second-order valence-corrected chi connectivity index (χ2v) is 4.57. The highest BCUT2D eigenvalue weighted by atomic mass is 16.1. The lowest BCUT2D eigenvalue weighted by Gasteiger charge is -2.14. The van der Waals surface area contributed by atoms with E-state index in [1.807, 2.05) is 0 Å². The first-order valence-corrected chi connectivity index (χ1v) is 6.89. The Kier molecular flexibility index (Phi) is 7.06. The zero-order chi connectivity index (χ0) is 13.2. The second-order valence-electron chi connectivity index (χ2n) is 4.57. The van der Waals surface area contributed by atoms with Crippen LogP contribution in [0.3, 0.4) is 0 Å². The maximum Gasteiger partial charge on any atom is 0.223 e. The minimum Gasteiger partial charge on any atom is -0.356 e. The van der Waals surface area contributed by atoms with E-state index in [0.29, 0.717) is 6.54 Å². The lowest BCUT2D eigenvalue weighted by molar-refractivity contribution is -0.125. The molecule has 0 radical (unpaired) electrons. The number of aromatic amines is 1. The van der Waals surface area contributed by atoms with Crippen LogP contribution in [0.15, 0.2) is 6.33 Å². The SMILES string of the molecule is CCCCC(CC)C(=O)NCCCc1ncn[nH]1. The first-order valence-electron chi connectivity index (χ1n) is 6.89. The zero-order valence-electron chi connectivity index (χ0n) is 11.4. The number of carbonyl (C=O) groups is 1. The summed E-state index contributed by atoms with van der Waals surface area (Å²) in [5.74, 6) is 1.25. The molecule has 1 rings (SSSR count). The van der Waals surface area contributed by atoms with Crippen molar-refractivity contribution in [2.45, 2.75) is 52.4 Å². The van der Waals surface area contributed by atoms with E-state index in [1.54, 1.807) is 0 Å². The maximum absolute atomic E-state index is 11.9. The van der Waals surface area contributed by atoms with E-state index in [0.717, 1.165) is 44.3 Å². The number of unbranched alkanes of at least 4 members (excludes halogenated alkanes) is 1. The van der Waals surface area contributed by atoms with E-state index in [9.17, 15) is 4.79 Å². The van der Waals surface area contributed by atoms with Crippen molar-refractivity contribution in [2.24, 2.45) is 5.92 Å². The quantitative estimate of drug-likeness (QED) is 0.661. The van der Waals surface area contributed by atoms with Crippen LogP contribution in [0.1, 0.15) is 51.8 Å². The van der Waals surface area contributed by atoms with Gasteiger partial charge in [0.15, 0.2) is 0 Å². The molecule has 1 unspecified atom stereocenters. The topological polar surface area (TPSA) is 70.7 Å². The van der Waals surface area contributed by atoms with Gasteiger partial charge in [0.2, 0.25) is 5.91 Å². The molecule has 0 spiro atoms. The highest BCUT2D eigenvalue weighted by Gasteiger charge is 2.14. The van der Waals surface area contributed by atoms with E-state index in [4.69, 9.17) is 0 Å². The second kappa shape index (κ2) is 8.66. The summed E-state index contributed by atoms with van der Waals surface area (Å²) in [6, 6.07) is 0. The highest BCUT2D eigenvalue weighted by Crippen LogP contribution is 2.12. The van der Waals surface area contributed by atoms with Crippen molar-refractivity contribution in [3.63, 3.8) is 0 Å². The van der Waals surface area contributed by atoms with Crippen LogP contribution in [0.25, 0.3) is 0 Å². The van der Waals surface area contributed by atoms with Crippen LogP contribution in [-0.2, 0) is 11.2 Å². The number of hydrogen-bond donors (Lipinski definition) is 2. The lowest BCUT2D eigenvalue weighted by Crippen LogP contribution is -2.31. The van der Waals surface area contributed by atoms with Crippen LogP contribution in [0.4, 0.5) is 0 Å². The molecule has 0 aliphatic carbocycles. The van der Waals surface area contributed by atoms with E-state index < -0.39 is 0 Å². The van der Waals surface area contributed by atoms with Crippen molar-refractivity contribution >= 4 is 5.91 Å². The highest BCUT2D eigenvalue weighted by molar-refractivity contribution is 5.78. The molecule has 0 saturated carbocycles. The third-order valence-electron chi connectivity index (χ3n) is 3.12. The van der Waals surface area contributed by atoms with Crippen LogP contribution in [-0.4, -0.2) is 27.6 Å². The third-order valence-corrected chi connectivity index (χ3v) is 3.12. The summed E-state index contributed by atoms with van der Waals surface area (Å²) in [5.41, 5.74) is 0. The van der Waals surface area contributed by atoms with Gasteiger partial charge in [-0.3, -0.25) is 9.89 Å². The number of aryl methyl sites for hydroxylation is 1. The third kappa shape index (κ3) is 5.29. The van der Waals surface area contributed by atoms with Gasteiger partial charge in [-0.25, -0.2) is 4.98 Å². The van der Waals surface area contributed by atoms with Crippen molar-refractivity contribution < 1.29 is 4.79 Å². The van der Waals surface area contributed by atoms with Gasteiger partial charge in [0.05, 0.1) is 0 Å².